The zero-order valence-electron chi connectivity index (χ0n) is 19.3. The molecule has 2 heteroatoms. The monoisotopic (exact) mass is 436 g/mol. The van der Waals surface area contributed by atoms with Crippen LogP contribution in [0.5, 0.6) is 0 Å². The van der Waals surface area contributed by atoms with Crippen molar-refractivity contribution in [2.24, 2.45) is 0 Å². The van der Waals surface area contributed by atoms with Gasteiger partial charge in [0.2, 0.25) is 0 Å². The second-order valence-corrected chi connectivity index (χ2v) is 9.77. The summed E-state index contributed by atoms with van der Waals surface area (Å²) in [6, 6.07) is 39.4. The van der Waals surface area contributed by atoms with Gasteiger partial charge in [-0.25, -0.2) is 4.52 Å². The zero-order chi connectivity index (χ0) is 22.9. The molecule has 0 atom stereocenters. The van der Waals surface area contributed by atoms with E-state index in [-0.39, 0.29) is 5.41 Å². The highest BCUT2D eigenvalue weighted by Crippen LogP contribution is 2.49. The van der Waals surface area contributed by atoms with E-state index in [2.05, 4.69) is 123 Å². The van der Waals surface area contributed by atoms with Gasteiger partial charge in [-0.3, -0.25) is 0 Å². The van der Waals surface area contributed by atoms with Gasteiger partial charge in [-0.2, -0.15) is 5.10 Å². The topological polar surface area (TPSA) is 17.3 Å². The van der Waals surface area contributed by atoms with Crippen LogP contribution in [0.4, 0.5) is 0 Å². The van der Waals surface area contributed by atoms with Crippen molar-refractivity contribution >= 4 is 16.4 Å². The van der Waals surface area contributed by atoms with Crippen molar-refractivity contribution in [1.29, 1.82) is 0 Å². The fraction of sp³-hybridized carbons (Fsp3) is 0.0938. The largest absolute Gasteiger partial charge is 0.232 e. The highest BCUT2D eigenvalue weighted by Gasteiger charge is 2.35. The molecule has 2 nitrogen and oxygen atoms in total. The van der Waals surface area contributed by atoms with E-state index >= 15 is 0 Å². The zero-order valence-corrected chi connectivity index (χ0v) is 19.3. The predicted octanol–water partition coefficient (Wildman–Crippen LogP) is 8.13. The van der Waals surface area contributed by atoms with E-state index in [0.717, 1.165) is 22.3 Å². The van der Waals surface area contributed by atoms with Crippen molar-refractivity contribution in [2.45, 2.75) is 19.3 Å². The van der Waals surface area contributed by atoms with Gasteiger partial charge in [0.15, 0.2) is 0 Å². The minimum Gasteiger partial charge on any atom is -0.232 e. The number of para-hydroxylation sites is 1. The molecule has 0 fully saturated rings. The van der Waals surface area contributed by atoms with Crippen molar-refractivity contribution in [3.63, 3.8) is 0 Å². The Kier molecular flexibility index (Phi) is 3.93. The number of fused-ring (bicyclic) bond motifs is 6. The normalized spacial score (nSPS) is 13.8. The minimum atomic E-state index is 0.0151. The number of pyridine rings is 1. The smallest absolute Gasteiger partial charge is 0.0933 e. The van der Waals surface area contributed by atoms with E-state index in [1.807, 2.05) is 4.52 Å². The molecule has 0 aliphatic heterocycles. The van der Waals surface area contributed by atoms with E-state index in [0.29, 0.717) is 0 Å². The van der Waals surface area contributed by atoms with Gasteiger partial charge in [0.25, 0.3) is 0 Å². The lowest BCUT2D eigenvalue weighted by molar-refractivity contribution is 0.660. The maximum Gasteiger partial charge on any atom is 0.0933 e. The van der Waals surface area contributed by atoms with Crippen molar-refractivity contribution in [1.82, 2.24) is 9.61 Å². The van der Waals surface area contributed by atoms with E-state index < -0.39 is 0 Å². The first-order chi connectivity index (χ1) is 16.6. The molecular weight excluding hydrogens is 412 g/mol. The third-order valence-electron chi connectivity index (χ3n) is 7.43. The van der Waals surface area contributed by atoms with E-state index in [9.17, 15) is 0 Å². The predicted molar refractivity (Wildman–Crippen MR) is 141 cm³/mol. The maximum atomic E-state index is 4.92. The Morgan fingerprint density at radius 2 is 1.29 bits per heavy atom. The Labute approximate surface area is 199 Å². The van der Waals surface area contributed by atoms with E-state index in [4.69, 9.17) is 5.10 Å². The molecule has 1 aliphatic carbocycles. The number of aromatic nitrogens is 2. The minimum absolute atomic E-state index is 0.0151. The van der Waals surface area contributed by atoms with Gasteiger partial charge < -0.3 is 0 Å². The van der Waals surface area contributed by atoms with Gasteiger partial charge in [0, 0.05) is 16.4 Å². The molecule has 0 radical (unpaired) electrons. The van der Waals surface area contributed by atoms with E-state index in [1.54, 1.807) is 0 Å². The average molecular weight is 437 g/mol. The first-order valence-electron chi connectivity index (χ1n) is 11.8. The van der Waals surface area contributed by atoms with Gasteiger partial charge in [-0.1, -0.05) is 98.8 Å². The summed E-state index contributed by atoms with van der Waals surface area (Å²) >= 11 is 0. The van der Waals surface area contributed by atoms with Crippen molar-refractivity contribution in [3.05, 3.63) is 120 Å². The van der Waals surface area contributed by atoms with Gasteiger partial charge >= 0.3 is 0 Å². The van der Waals surface area contributed by atoms with Crippen LogP contribution in [0.1, 0.15) is 25.0 Å². The van der Waals surface area contributed by atoms with Crippen molar-refractivity contribution < 1.29 is 0 Å². The molecule has 2 heterocycles. The van der Waals surface area contributed by atoms with Crippen LogP contribution in [0, 0.1) is 0 Å². The lowest BCUT2D eigenvalue weighted by atomic mass is 9.81. The Hall–Kier alpha value is -4.17. The standard InChI is InChI=1S/C32H24N2/c1-32(2)28-9-5-4-8-26(28)27-18-16-24(19-29(27)32)21-11-13-22(14-12-21)30-20-25-17-15-23-7-3-6-10-31(23)34(25)33-30/h3-20H,1-2H3. The van der Waals surface area contributed by atoms with Gasteiger partial charge in [-0.05, 0) is 57.6 Å². The molecule has 4 aromatic carbocycles. The van der Waals surface area contributed by atoms with E-state index in [1.165, 1.54) is 38.8 Å². The molecule has 7 rings (SSSR count). The lowest BCUT2D eigenvalue weighted by Gasteiger charge is -2.22. The van der Waals surface area contributed by atoms with Gasteiger partial charge in [0.05, 0.1) is 16.7 Å². The molecule has 0 saturated heterocycles. The molecule has 0 unspecified atom stereocenters. The fourth-order valence-corrected chi connectivity index (χ4v) is 5.56. The molecule has 0 spiro atoms. The summed E-state index contributed by atoms with van der Waals surface area (Å²) in [5.41, 5.74) is 12.4. The molecule has 162 valence electrons. The summed E-state index contributed by atoms with van der Waals surface area (Å²) < 4.78 is 2.04. The lowest BCUT2D eigenvalue weighted by Crippen LogP contribution is -2.14. The molecule has 0 amide bonds. The van der Waals surface area contributed by atoms with Crippen LogP contribution < -0.4 is 0 Å². The van der Waals surface area contributed by atoms with Crippen LogP contribution in [-0.2, 0) is 5.41 Å². The Morgan fingerprint density at radius 3 is 2.18 bits per heavy atom. The summed E-state index contributed by atoms with van der Waals surface area (Å²) in [5, 5.41) is 6.12. The number of nitrogens with zero attached hydrogens (tertiary/aromatic N) is 2. The van der Waals surface area contributed by atoms with Crippen molar-refractivity contribution in [3.8, 4) is 33.5 Å². The van der Waals surface area contributed by atoms with Crippen LogP contribution in [0.15, 0.2) is 109 Å². The molecule has 6 aromatic rings. The highest BCUT2D eigenvalue weighted by atomic mass is 15.2. The molecular formula is C32H24N2. The van der Waals surface area contributed by atoms with Crippen molar-refractivity contribution in [2.75, 3.05) is 0 Å². The third-order valence-corrected chi connectivity index (χ3v) is 7.43. The second kappa shape index (κ2) is 6.91. The van der Waals surface area contributed by atoms with Crippen LogP contribution >= 0.6 is 0 Å². The molecule has 2 aromatic heterocycles. The van der Waals surface area contributed by atoms with Crippen LogP contribution in [0.3, 0.4) is 0 Å². The van der Waals surface area contributed by atoms with Crippen LogP contribution in [0.2, 0.25) is 0 Å². The quantitative estimate of drug-likeness (QED) is 0.268. The summed E-state index contributed by atoms with van der Waals surface area (Å²) in [7, 11) is 0. The fourth-order valence-electron chi connectivity index (χ4n) is 5.56. The molecule has 34 heavy (non-hydrogen) atoms. The summed E-state index contributed by atoms with van der Waals surface area (Å²) in [6.45, 7) is 4.66. The number of rotatable bonds is 2. The number of benzene rings is 4. The molecule has 0 saturated carbocycles. The summed E-state index contributed by atoms with van der Waals surface area (Å²) in [6.07, 6.45) is 0. The van der Waals surface area contributed by atoms with Gasteiger partial charge in [0.1, 0.15) is 0 Å². The van der Waals surface area contributed by atoms with Crippen LogP contribution in [-0.4, -0.2) is 9.61 Å². The molecule has 1 aliphatic rings. The number of hydrogen-bond donors (Lipinski definition) is 0. The molecule has 0 bridgehead atoms. The first-order valence-corrected chi connectivity index (χ1v) is 11.8. The third kappa shape index (κ3) is 2.72. The Morgan fingerprint density at radius 1 is 0.588 bits per heavy atom. The first kappa shape index (κ1) is 19.3. The highest BCUT2D eigenvalue weighted by molar-refractivity contribution is 5.85. The van der Waals surface area contributed by atoms with Gasteiger partial charge in [-0.15, -0.1) is 0 Å². The number of hydrogen-bond acceptors (Lipinski definition) is 1. The SMILES string of the molecule is CC1(C)c2ccccc2-c2ccc(-c3ccc(-c4cc5ccc6ccccc6n5n4)cc3)cc21. The summed E-state index contributed by atoms with van der Waals surface area (Å²) in [5.74, 6) is 0. The van der Waals surface area contributed by atoms with Crippen LogP contribution in [0.25, 0.3) is 49.9 Å². The Bertz CT molecular complexity index is 1720. The Balaban J connectivity index is 1.27. The average Bonchev–Trinajstić information content (AvgIpc) is 3.42. The second-order valence-electron chi connectivity index (χ2n) is 9.77. The summed E-state index contributed by atoms with van der Waals surface area (Å²) in [4.78, 5) is 0. The maximum absolute atomic E-state index is 4.92. The molecule has 0 N–H and O–H groups in total.